The van der Waals surface area contributed by atoms with E-state index in [-0.39, 0.29) is 0 Å². The molecule has 0 rings (SSSR count). The van der Waals surface area contributed by atoms with Gasteiger partial charge in [-0.05, 0) is 38.8 Å². The van der Waals surface area contributed by atoms with Crippen molar-refractivity contribution in [3.8, 4) is 0 Å². The van der Waals surface area contributed by atoms with E-state index in [9.17, 15) is 5.11 Å². The number of nitrogens with zero attached hydrogens (tertiary/aromatic N) is 1. The number of aliphatic hydroxyl groups is 1. The molecule has 0 bridgehead atoms. The summed E-state index contributed by atoms with van der Waals surface area (Å²) in [6.45, 7) is 13.7. The van der Waals surface area contributed by atoms with E-state index in [1.165, 1.54) is 25.7 Å². The Kier molecular flexibility index (Phi) is 8.04. The van der Waals surface area contributed by atoms with Gasteiger partial charge in [0, 0.05) is 6.54 Å². The highest BCUT2D eigenvalue weighted by Crippen LogP contribution is 2.18. The van der Waals surface area contributed by atoms with E-state index in [2.05, 4.69) is 32.6 Å². The quantitative estimate of drug-likeness (QED) is 0.656. The van der Waals surface area contributed by atoms with Gasteiger partial charge in [0.15, 0.2) is 0 Å². The van der Waals surface area contributed by atoms with Gasteiger partial charge in [-0.1, -0.05) is 40.5 Å². The van der Waals surface area contributed by atoms with Crippen molar-refractivity contribution in [3.63, 3.8) is 0 Å². The summed E-state index contributed by atoms with van der Waals surface area (Å²) < 4.78 is 0. The van der Waals surface area contributed by atoms with Gasteiger partial charge in [-0.2, -0.15) is 0 Å². The standard InChI is InChI=1S/C14H31NO/c1-6-8-10-15(11-9-7-2)12-14(5,16)13(3)4/h13,16H,6-12H2,1-5H3. The molecule has 2 nitrogen and oxygen atoms in total. The fraction of sp³-hybridized carbons (Fsp3) is 1.00. The van der Waals surface area contributed by atoms with Gasteiger partial charge in [0.1, 0.15) is 0 Å². The van der Waals surface area contributed by atoms with E-state index in [4.69, 9.17) is 0 Å². The molecular weight excluding hydrogens is 198 g/mol. The minimum absolute atomic E-state index is 0.318. The van der Waals surface area contributed by atoms with Gasteiger partial charge in [0.05, 0.1) is 5.60 Å². The molecule has 1 unspecified atom stereocenters. The zero-order chi connectivity index (χ0) is 12.6. The monoisotopic (exact) mass is 229 g/mol. The van der Waals surface area contributed by atoms with Crippen molar-refractivity contribution >= 4 is 0 Å². The molecule has 0 spiro atoms. The summed E-state index contributed by atoms with van der Waals surface area (Å²) in [7, 11) is 0. The van der Waals surface area contributed by atoms with Crippen molar-refractivity contribution in [1.82, 2.24) is 4.90 Å². The Morgan fingerprint density at radius 1 is 1.06 bits per heavy atom. The normalized spacial score (nSPS) is 15.8. The molecule has 0 saturated heterocycles. The lowest BCUT2D eigenvalue weighted by atomic mass is 9.92. The van der Waals surface area contributed by atoms with Crippen LogP contribution in [0.3, 0.4) is 0 Å². The first-order valence-electron chi connectivity index (χ1n) is 6.88. The van der Waals surface area contributed by atoms with Gasteiger partial charge in [0.25, 0.3) is 0 Å². The predicted molar refractivity (Wildman–Crippen MR) is 71.7 cm³/mol. The fourth-order valence-electron chi connectivity index (χ4n) is 1.67. The molecule has 0 aromatic rings. The molecule has 0 fully saturated rings. The van der Waals surface area contributed by atoms with Crippen LogP contribution >= 0.6 is 0 Å². The lowest BCUT2D eigenvalue weighted by Crippen LogP contribution is -2.45. The third-order valence-electron chi connectivity index (χ3n) is 3.44. The SMILES string of the molecule is CCCCN(CCCC)CC(C)(O)C(C)C. The van der Waals surface area contributed by atoms with Crippen molar-refractivity contribution in [1.29, 1.82) is 0 Å². The molecule has 0 radical (unpaired) electrons. The van der Waals surface area contributed by atoms with Gasteiger partial charge in [-0.25, -0.2) is 0 Å². The van der Waals surface area contributed by atoms with E-state index in [1.54, 1.807) is 0 Å². The summed E-state index contributed by atoms with van der Waals surface area (Å²) in [5, 5.41) is 10.3. The Hall–Kier alpha value is -0.0800. The molecule has 0 amide bonds. The average molecular weight is 229 g/mol. The van der Waals surface area contributed by atoms with Gasteiger partial charge in [-0.15, -0.1) is 0 Å². The van der Waals surface area contributed by atoms with Crippen molar-refractivity contribution in [2.24, 2.45) is 5.92 Å². The first kappa shape index (κ1) is 15.9. The second kappa shape index (κ2) is 8.08. The molecule has 2 heteroatoms. The van der Waals surface area contributed by atoms with E-state index >= 15 is 0 Å². The first-order chi connectivity index (χ1) is 7.44. The molecule has 0 saturated carbocycles. The summed E-state index contributed by atoms with van der Waals surface area (Å²) in [6.07, 6.45) is 4.93. The molecule has 1 N–H and O–H groups in total. The van der Waals surface area contributed by atoms with Crippen LogP contribution in [0.4, 0.5) is 0 Å². The van der Waals surface area contributed by atoms with Crippen LogP contribution in [0.5, 0.6) is 0 Å². The predicted octanol–water partition coefficient (Wildman–Crippen LogP) is 3.30. The van der Waals surface area contributed by atoms with E-state index in [0.717, 1.165) is 19.6 Å². The first-order valence-corrected chi connectivity index (χ1v) is 6.88. The van der Waals surface area contributed by atoms with E-state index in [0.29, 0.717) is 5.92 Å². The van der Waals surface area contributed by atoms with E-state index in [1.807, 2.05) is 6.92 Å². The van der Waals surface area contributed by atoms with Crippen molar-refractivity contribution in [2.45, 2.75) is 65.9 Å². The number of rotatable bonds is 9. The van der Waals surface area contributed by atoms with Crippen LogP contribution < -0.4 is 0 Å². The highest BCUT2D eigenvalue weighted by atomic mass is 16.3. The van der Waals surface area contributed by atoms with Crippen LogP contribution in [0.1, 0.15) is 60.3 Å². The second-order valence-corrected chi connectivity index (χ2v) is 5.50. The third kappa shape index (κ3) is 6.49. The molecular formula is C14H31NO. The Labute approximate surface area is 102 Å². The Morgan fingerprint density at radius 3 is 1.81 bits per heavy atom. The van der Waals surface area contributed by atoms with Crippen LogP contribution in [0.15, 0.2) is 0 Å². The Balaban J connectivity index is 4.17. The average Bonchev–Trinajstić information content (AvgIpc) is 2.21. The van der Waals surface area contributed by atoms with Crippen LogP contribution in [-0.4, -0.2) is 35.2 Å². The zero-order valence-corrected chi connectivity index (χ0v) is 11.9. The van der Waals surface area contributed by atoms with Crippen LogP contribution in [-0.2, 0) is 0 Å². The molecule has 0 aliphatic carbocycles. The van der Waals surface area contributed by atoms with Gasteiger partial charge in [0.2, 0.25) is 0 Å². The maximum Gasteiger partial charge on any atom is 0.0768 e. The molecule has 16 heavy (non-hydrogen) atoms. The summed E-state index contributed by atoms with van der Waals surface area (Å²) in [5.41, 5.74) is -0.554. The number of unbranched alkanes of at least 4 members (excludes halogenated alkanes) is 2. The third-order valence-corrected chi connectivity index (χ3v) is 3.44. The lowest BCUT2D eigenvalue weighted by Gasteiger charge is -2.34. The van der Waals surface area contributed by atoms with Crippen LogP contribution in [0, 0.1) is 5.92 Å². The van der Waals surface area contributed by atoms with Gasteiger partial charge >= 0.3 is 0 Å². The lowest BCUT2D eigenvalue weighted by molar-refractivity contribution is -0.0193. The fourth-order valence-corrected chi connectivity index (χ4v) is 1.67. The van der Waals surface area contributed by atoms with Crippen LogP contribution in [0.2, 0.25) is 0 Å². The molecule has 0 aromatic heterocycles. The molecule has 0 aromatic carbocycles. The van der Waals surface area contributed by atoms with Crippen molar-refractivity contribution < 1.29 is 5.11 Å². The largest absolute Gasteiger partial charge is 0.389 e. The van der Waals surface area contributed by atoms with E-state index < -0.39 is 5.60 Å². The minimum atomic E-state index is -0.554. The number of hydrogen-bond acceptors (Lipinski definition) is 2. The smallest absolute Gasteiger partial charge is 0.0768 e. The molecule has 98 valence electrons. The summed E-state index contributed by atoms with van der Waals surface area (Å²) >= 11 is 0. The molecule has 0 aliphatic rings. The molecule has 0 heterocycles. The molecule has 1 atom stereocenters. The second-order valence-electron chi connectivity index (χ2n) is 5.50. The van der Waals surface area contributed by atoms with Crippen molar-refractivity contribution in [2.75, 3.05) is 19.6 Å². The van der Waals surface area contributed by atoms with Gasteiger partial charge < -0.3 is 10.0 Å². The van der Waals surface area contributed by atoms with Gasteiger partial charge in [-0.3, -0.25) is 0 Å². The zero-order valence-electron chi connectivity index (χ0n) is 11.9. The molecule has 0 aliphatic heterocycles. The summed E-state index contributed by atoms with van der Waals surface area (Å²) in [6, 6.07) is 0. The highest BCUT2D eigenvalue weighted by Gasteiger charge is 2.27. The Bertz CT molecular complexity index is 158. The van der Waals surface area contributed by atoms with Crippen molar-refractivity contribution in [3.05, 3.63) is 0 Å². The topological polar surface area (TPSA) is 23.5 Å². The highest BCUT2D eigenvalue weighted by molar-refractivity contribution is 4.80. The minimum Gasteiger partial charge on any atom is -0.389 e. The Morgan fingerprint density at radius 2 is 1.50 bits per heavy atom. The number of hydrogen-bond donors (Lipinski definition) is 1. The van der Waals surface area contributed by atoms with Crippen LogP contribution in [0.25, 0.3) is 0 Å². The summed E-state index contributed by atoms with van der Waals surface area (Å²) in [5.74, 6) is 0.318. The maximum absolute atomic E-state index is 10.3. The maximum atomic E-state index is 10.3. The summed E-state index contributed by atoms with van der Waals surface area (Å²) in [4.78, 5) is 2.42.